The van der Waals surface area contributed by atoms with Crippen molar-refractivity contribution >= 4 is 52.4 Å². The Labute approximate surface area is 185 Å². The van der Waals surface area contributed by atoms with Crippen LogP contribution in [0.4, 0.5) is 24.5 Å². The Morgan fingerprint density at radius 3 is 2.29 bits per heavy atom. The molecule has 0 aliphatic carbocycles. The van der Waals surface area contributed by atoms with E-state index in [9.17, 15) is 27.6 Å². The summed E-state index contributed by atoms with van der Waals surface area (Å²) < 4.78 is 43.1. The Hall–Kier alpha value is -2.78. The van der Waals surface area contributed by atoms with Crippen LogP contribution in [0.5, 0.6) is 0 Å². The van der Waals surface area contributed by atoms with Crippen molar-refractivity contribution in [1.29, 1.82) is 0 Å². The number of anilines is 2. The van der Waals surface area contributed by atoms with E-state index < -0.39 is 36.1 Å². The van der Waals surface area contributed by atoms with Gasteiger partial charge in [-0.3, -0.25) is 14.4 Å². The van der Waals surface area contributed by atoms with E-state index in [4.69, 9.17) is 27.9 Å². The molecule has 0 fully saturated rings. The van der Waals surface area contributed by atoms with Crippen molar-refractivity contribution < 1.29 is 32.3 Å². The van der Waals surface area contributed by atoms with Crippen LogP contribution in [0.3, 0.4) is 0 Å². The summed E-state index contributed by atoms with van der Waals surface area (Å²) in [5, 5.41) is 5.09. The number of rotatable bonds is 7. The molecule has 2 aromatic carbocycles. The van der Waals surface area contributed by atoms with Crippen molar-refractivity contribution in [3.63, 3.8) is 0 Å². The van der Waals surface area contributed by atoms with Gasteiger partial charge in [0.25, 0.3) is 5.91 Å². The summed E-state index contributed by atoms with van der Waals surface area (Å²) in [5.41, 5.74) is 0.0447. The van der Waals surface area contributed by atoms with E-state index in [1.54, 1.807) is 25.1 Å². The molecule has 0 bridgehead atoms. The molecular weight excluding hydrogens is 460 g/mol. The number of carbonyl (C=O) groups excluding carboxylic acids is 3. The van der Waals surface area contributed by atoms with Crippen LogP contribution in [0.1, 0.15) is 24.0 Å². The lowest BCUT2D eigenvalue weighted by molar-refractivity contribution is -0.147. The molecule has 0 atom stereocenters. The third kappa shape index (κ3) is 7.76. The van der Waals surface area contributed by atoms with Crippen LogP contribution < -0.4 is 10.6 Å². The lowest BCUT2D eigenvalue weighted by Gasteiger charge is -2.11. The number of esters is 1. The first kappa shape index (κ1) is 24.5. The lowest BCUT2D eigenvalue weighted by atomic mass is 10.2. The molecular formula is C20H17Cl2F3N2O4. The molecule has 166 valence electrons. The highest BCUT2D eigenvalue weighted by molar-refractivity contribution is 6.33. The van der Waals surface area contributed by atoms with Crippen LogP contribution >= 0.6 is 23.2 Å². The lowest BCUT2D eigenvalue weighted by Crippen LogP contribution is -2.22. The largest absolute Gasteiger partial charge is 0.456 e. The van der Waals surface area contributed by atoms with Crippen molar-refractivity contribution in [2.45, 2.75) is 25.9 Å². The third-order valence-corrected chi connectivity index (χ3v) is 4.68. The summed E-state index contributed by atoms with van der Waals surface area (Å²) in [5.74, 6) is -2.17. The molecule has 0 radical (unpaired) electrons. The minimum Gasteiger partial charge on any atom is -0.456 e. The molecule has 0 aliphatic rings. The number of hydrogen-bond acceptors (Lipinski definition) is 4. The molecule has 11 heteroatoms. The fourth-order valence-corrected chi connectivity index (χ4v) is 2.66. The highest BCUT2D eigenvalue weighted by atomic mass is 35.5. The zero-order valence-corrected chi connectivity index (χ0v) is 17.6. The van der Waals surface area contributed by atoms with Crippen molar-refractivity contribution in [1.82, 2.24) is 0 Å². The van der Waals surface area contributed by atoms with Gasteiger partial charge in [0.1, 0.15) is 0 Å². The molecule has 0 aliphatic heterocycles. The van der Waals surface area contributed by atoms with E-state index in [-0.39, 0.29) is 23.6 Å². The van der Waals surface area contributed by atoms with Crippen LogP contribution in [0.2, 0.25) is 10.0 Å². The average Bonchev–Trinajstić information content (AvgIpc) is 2.68. The summed E-state index contributed by atoms with van der Waals surface area (Å²) in [4.78, 5) is 35.5. The molecule has 6 nitrogen and oxygen atoms in total. The van der Waals surface area contributed by atoms with Crippen LogP contribution in [0, 0.1) is 6.92 Å². The molecule has 0 aromatic heterocycles. The number of nitrogens with one attached hydrogen (secondary N) is 2. The maximum Gasteiger partial charge on any atom is 0.416 e. The van der Waals surface area contributed by atoms with Gasteiger partial charge < -0.3 is 15.4 Å². The number of aryl methyl sites for hydroxylation is 1. The molecule has 0 saturated carbocycles. The van der Waals surface area contributed by atoms with Gasteiger partial charge in [-0.25, -0.2) is 0 Å². The van der Waals surface area contributed by atoms with E-state index in [2.05, 4.69) is 10.6 Å². The highest BCUT2D eigenvalue weighted by Gasteiger charge is 2.31. The second-order valence-electron chi connectivity index (χ2n) is 6.41. The number of alkyl halides is 3. The van der Waals surface area contributed by atoms with E-state index in [0.29, 0.717) is 16.8 Å². The summed E-state index contributed by atoms with van der Waals surface area (Å²) in [7, 11) is 0. The number of carbonyl (C=O) groups is 3. The zero-order chi connectivity index (χ0) is 23.2. The molecule has 0 heterocycles. The molecule has 2 rings (SSSR count). The van der Waals surface area contributed by atoms with Gasteiger partial charge in [0.2, 0.25) is 5.91 Å². The predicted octanol–water partition coefficient (Wildman–Crippen LogP) is 5.22. The number of amides is 2. The van der Waals surface area contributed by atoms with Gasteiger partial charge in [-0.2, -0.15) is 13.2 Å². The molecule has 2 aromatic rings. The van der Waals surface area contributed by atoms with E-state index >= 15 is 0 Å². The minimum absolute atomic E-state index is 0.0863. The molecule has 0 spiro atoms. The van der Waals surface area contributed by atoms with Crippen molar-refractivity contribution in [2.24, 2.45) is 0 Å². The fourth-order valence-electron chi connectivity index (χ4n) is 2.31. The van der Waals surface area contributed by atoms with Crippen molar-refractivity contribution in [2.75, 3.05) is 17.2 Å². The topological polar surface area (TPSA) is 84.5 Å². The number of hydrogen-bond donors (Lipinski definition) is 2. The highest BCUT2D eigenvalue weighted by Crippen LogP contribution is 2.33. The van der Waals surface area contributed by atoms with Crippen LogP contribution in [0.25, 0.3) is 0 Å². The van der Waals surface area contributed by atoms with Gasteiger partial charge in [0.05, 0.1) is 22.7 Å². The Morgan fingerprint density at radius 2 is 1.65 bits per heavy atom. The standard InChI is InChI=1S/C20H17Cl2F3N2O4/c1-11-2-4-13(9-15(11)22)26-18(29)10-31-19(30)7-6-17(28)27-16-8-12(20(23,24)25)3-5-14(16)21/h2-5,8-9H,6-7,10H2,1H3,(H,26,29)(H,27,28). The first-order chi connectivity index (χ1) is 14.5. The van der Waals surface area contributed by atoms with Gasteiger partial charge in [0, 0.05) is 17.1 Å². The number of halogens is 5. The van der Waals surface area contributed by atoms with Crippen LogP contribution in [0.15, 0.2) is 36.4 Å². The van der Waals surface area contributed by atoms with Gasteiger partial charge in [-0.05, 0) is 42.8 Å². The first-order valence-electron chi connectivity index (χ1n) is 8.84. The average molecular weight is 477 g/mol. The minimum atomic E-state index is -4.60. The molecule has 0 saturated heterocycles. The van der Waals surface area contributed by atoms with Gasteiger partial charge in [-0.15, -0.1) is 0 Å². The van der Waals surface area contributed by atoms with Gasteiger partial charge in [0.15, 0.2) is 6.61 Å². The number of ether oxygens (including phenoxy) is 1. The van der Waals surface area contributed by atoms with Crippen LogP contribution in [-0.4, -0.2) is 24.4 Å². The SMILES string of the molecule is Cc1ccc(NC(=O)COC(=O)CCC(=O)Nc2cc(C(F)(F)F)ccc2Cl)cc1Cl. The molecule has 0 unspecified atom stereocenters. The quantitative estimate of drug-likeness (QED) is 0.536. The third-order valence-electron chi connectivity index (χ3n) is 3.94. The van der Waals surface area contributed by atoms with Gasteiger partial charge >= 0.3 is 12.1 Å². The fraction of sp³-hybridized carbons (Fsp3) is 0.250. The first-order valence-corrected chi connectivity index (χ1v) is 9.59. The van der Waals surface area contributed by atoms with Crippen molar-refractivity contribution in [3.05, 3.63) is 57.6 Å². The maximum atomic E-state index is 12.8. The second kappa shape index (κ2) is 10.5. The molecule has 2 N–H and O–H groups in total. The van der Waals surface area contributed by atoms with E-state index in [1.807, 2.05) is 0 Å². The monoisotopic (exact) mass is 476 g/mol. The maximum absolute atomic E-state index is 12.8. The second-order valence-corrected chi connectivity index (χ2v) is 7.23. The Morgan fingerprint density at radius 1 is 0.935 bits per heavy atom. The Bertz CT molecular complexity index is 997. The van der Waals surface area contributed by atoms with Gasteiger partial charge in [-0.1, -0.05) is 29.3 Å². The van der Waals surface area contributed by atoms with Crippen LogP contribution in [-0.2, 0) is 25.3 Å². The smallest absolute Gasteiger partial charge is 0.416 e. The Balaban J connectivity index is 1.79. The van der Waals surface area contributed by atoms with E-state index in [0.717, 1.165) is 17.7 Å². The zero-order valence-electron chi connectivity index (χ0n) is 16.1. The van der Waals surface area contributed by atoms with E-state index in [1.165, 1.54) is 0 Å². The van der Waals surface area contributed by atoms with Crippen molar-refractivity contribution in [3.8, 4) is 0 Å². The Kier molecular flexibility index (Phi) is 8.29. The predicted molar refractivity (Wildman–Crippen MR) is 110 cm³/mol. The summed E-state index contributed by atoms with van der Waals surface area (Å²) in [6.45, 7) is 1.22. The summed E-state index contributed by atoms with van der Waals surface area (Å²) in [6, 6.07) is 7.36. The molecule has 2 amide bonds. The molecule has 31 heavy (non-hydrogen) atoms. The number of benzene rings is 2. The normalized spacial score (nSPS) is 11.0. The summed E-state index contributed by atoms with van der Waals surface area (Å²) in [6.07, 6.45) is -5.36. The summed E-state index contributed by atoms with van der Waals surface area (Å²) >= 11 is 11.8.